The summed E-state index contributed by atoms with van der Waals surface area (Å²) in [7, 11) is 13.7. The van der Waals surface area contributed by atoms with Gasteiger partial charge in [-0.2, -0.15) is 0 Å². The minimum absolute atomic E-state index is 0.0283. The van der Waals surface area contributed by atoms with Gasteiger partial charge in [-0.3, -0.25) is 52.7 Å². The Hall–Kier alpha value is -5.86. The van der Waals surface area contributed by atoms with E-state index >= 15 is 33.6 Å². The summed E-state index contributed by atoms with van der Waals surface area (Å²) in [6.45, 7) is 29.0. The Morgan fingerprint density at radius 1 is 0.543 bits per heavy atom. The number of carbonyl (C=O) groups excluding carboxylic acids is 11. The molecule has 0 aromatic rings. The summed E-state index contributed by atoms with van der Waals surface area (Å²) in [6.07, 6.45) is 3.95. The molecule has 0 spiro atoms. The molecule has 1 heterocycles. The lowest BCUT2D eigenvalue weighted by molar-refractivity contribution is -0.157. The standard InChI is InChI=1S/C68H122N12O13S/c1-27-29-30-43(13)54(81)53-58(85)71-46(28-2)60(87)80(26)66(94-37-68(31-32-68)73(18)19)65(92)77(23)50(36-67(16,17)93)57(84)72-51(41(9)10)63(90)74(20)47(33-38(3)4)56(83)69-44(14)55(82)70-45(15)59(86)75(21)48(34-39(5)6)61(88)76(22)49(35-40(7)8)62(89)78(24)52(42(11)12)64(91)79(53)25/h27,29,38-54,66,81,93H,28,30-37H2,1-26H3,(H,69,83)(H,70,82)(H,71,85)(H,72,84)/t43-,44-,45+,46-,47-,48-,49-,50+,51-,52-,53?,54-,66?/m1/s1. The largest absolute Gasteiger partial charge is 0.390 e. The summed E-state index contributed by atoms with van der Waals surface area (Å²) >= 11 is 1.16. The Balaban J connectivity index is 3.14. The quantitative estimate of drug-likeness (QED) is 0.101. The van der Waals surface area contributed by atoms with E-state index < -0.39 is 160 Å². The second-order valence-corrected chi connectivity index (χ2v) is 30.5. The van der Waals surface area contributed by atoms with Crippen molar-refractivity contribution in [2.24, 2.45) is 35.5 Å². The zero-order valence-corrected chi connectivity index (χ0v) is 62.6. The average Bonchev–Trinajstić information content (AvgIpc) is 1.48. The van der Waals surface area contributed by atoms with Crippen LogP contribution in [-0.2, 0) is 52.7 Å². The number of amides is 11. The number of aliphatic hydroxyl groups is 2. The van der Waals surface area contributed by atoms with Gasteiger partial charge in [-0.05, 0) is 129 Å². The summed E-state index contributed by atoms with van der Waals surface area (Å²) in [4.78, 5) is 175. The first kappa shape index (κ1) is 84.2. The molecule has 0 bridgehead atoms. The lowest BCUT2D eigenvalue weighted by Crippen LogP contribution is -2.64. The number of allylic oxidation sites excluding steroid dienone is 2. The van der Waals surface area contributed by atoms with Crippen LogP contribution in [0.5, 0.6) is 0 Å². The molecular weight excluding hydrogens is 1220 g/mol. The molecule has 2 aliphatic rings. The number of hydrogen-bond donors (Lipinski definition) is 6. The van der Waals surface area contributed by atoms with Crippen molar-refractivity contribution < 1.29 is 63.0 Å². The van der Waals surface area contributed by atoms with Gasteiger partial charge in [0.2, 0.25) is 59.1 Å². The van der Waals surface area contributed by atoms with Gasteiger partial charge in [-0.1, -0.05) is 95.2 Å². The van der Waals surface area contributed by atoms with Crippen LogP contribution in [0.3, 0.4) is 0 Å². The lowest BCUT2D eigenvalue weighted by atomic mass is 9.91. The number of carbonyl (C=O) groups is 11. The monoisotopic (exact) mass is 1350 g/mol. The topological polar surface area (TPSA) is 302 Å². The highest BCUT2D eigenvalue weighted by Gasteiger charge is 2.49. The maximum absolute atomic E-state index is 15.4. The lowest BCUT2D eigenvalue weighted by Gasteiger charge is -2.41. The molecule has 2 rings (SSSR count). The SMILES string of the molecule is CC=CC[C@@H](C)[C@@H](O)C1C(=O)N[C@H](CC)C(=O)N(C)C(SCC2(N(C)C)CC2)C(=O)N(C)[C@@H](CC(C)(C)O)C(=O)N[C@H](C(C)C)C(=O)N(C)[C@H](CC(C)C)C(=O)N[C@H](C)C(=O)N[C@@H](C)C(=O)N(C)[C@H](CC(C)C)C(=O)N(C)[C@H](CC(C)C)C(=O)N(C)[C@H](C(C)C)C(=O)N1C. The van der Waals surface area contributed by atoms with Gasteiger partial charge in [0.05, 0.1) is 11.7 Å². The summed E-state index contributed by atoms with van der Waals surface area (Å²) in [5.41, 5.74) is -1.92. The van der Waals surface area contributed by atoms with Gasteiger partial charge in [-0.15, -0.1) is 11.8 Å². The van der Waals surface area contributed by atoms with Gasteiger partial charge in [0, 0.05) is 67.0 Å². The van der Waals surface area contributed by atoms with E-state index in [4.69, 9.17) is 0 Å². The molecule has 6 N–H and O–H groups in total. The van der Waals surface area contributed by atoms with Crippen LogP contribution in [0.15, 0.2) is 12.2 Å². The molecule has 13 atom stereocenters. The first-order valence-electron chi connectivity index (χ1n) is 33.7. The van der Waals surface area contributed by atoms with Gasteiger partial charge >= 0.3 is 0 Å². The van der Waals surface area contributed by atoms with E-state index in [1.807, 2.05) is 66.6 Å². The smallest absolute Gasteiger partial charge is 0.256 e. The molecule has 26 heteroatoms. The molecule has 11 amide bonds. The van der Waals surface area contributed by atoms with E-state index in [2.05, 4.69) is 21.3 Å². The van der Waals surface area contributed by atoms with Crippen molar-refractivity contribution in [3.05, 3.63) is 12.2 Å². The molecule has 0 aromatic carbocycles. The maximum atomic E-state index is 15.4. The fraction of sp³-hybridized carbons (Fsp3) is 0.809. The second-order valence-electron chi connectivity index (χ2n) is 29.5. The van der Waals surface area contributed by atoms with Crippen LogP contribution in [0, 0.1) is 35.5 Å². The molecule has 2 unspecified atom stereocenters. The van der Waals surface area contributed by atoms with Crippen LogP contribution in [0.1, 0.15) is 169 Å². The van der Waals surface area contributed by atoms with Crippen molar-refractivity contribution in [1.29, 1.82) is 0 Å². The number of nitrogens with one attached hydrogen (secondary N) is 4. The zero-order valence-electron chi connectivity index (χ0n) is 61.8. The highest BCUT2D eigenvalue weighted by atomic mass is 32.2. The highest BCUT2D eigenvalue weighted by molar-refractivity contribution is 8.00. The van der Waals surface area contributed by atoms with Crippen molar-refractivity contribution in [1.82, 2.24) is 60.5 Å². The van der Waals surface area contributed by atoms with E-state index in [1.165, 1.54) is 102 Å². The zero-order chi connectivity index (χ0) is 72.7. The Bertz CT molecular complexity index is 2640. The molecule has 1 aliphatic heterocycles. The van der Waals surface area contributed by atoms with Crippen LogP contribution < -0.4 is 21.3 Å². The Morgan fingerprint density at radius 2 is 0.989 bits per heavy atom. The van der Waals surface area contributed by atoms with Crippen molar-refractivity contribution in [2.75, 3.05) is 69.2 Å². The molecule has 0 aromatic heterocycles. The number of thioether (sulfide) groups is 1. The molecule has 25 nitrogen and oxygen atoms in total. The van der Waals surface area contributed by atoms with Gasteiger partial charge in [-0.25, -0.2) is 0 Å². The molecule has 1 aliphatic carbocycles. The summed E-state index contributed by atoms with van der Waals surface area (Å²) in [5.74, 6) is -9.93. The van der Waals surface area contributed by atoms with E-state index in [0.29, 0.717) is 5.75 Å². The summed E-state index contributed by atoms with van der Waals surface area (Å²) in [5, 5.41) is 33.4. The maximum Gasteiger partial charge on any atom is 0.256 e. The van der Waals surface area contributed by atoms with E-state index in [1.54, 1.807) is 54.5 Å². The number of rotatable bonds is 19. The summed E-state index contributed by atoms with van der Waals surface area (Å²) < 4.78 is 0. The normalized spacial score (nSPS) is 27.6. The van der Waals surface area contributed by atoms with Crippen LogP contribution in [-0.4, -0.2) is 267 Å². The van der Waals surface area contributed by atoms with E-state index in [-0.39, 0.29) is 61.8 Å². The Kier molecular flexibility index (Phi) is 32.7. The molecule has 538 valence electrons. The Morgan fingerprint density at radius 3 is 1.44 bits per heavy atom. The van der Waals surface area contributed by atoms with Gasteiger partial charge in [0.1, 0.15) is 60.4 Å². The predicted molar refractivity (Wildman–Crippen MR) is 367 cm³/mol. The Labute approximate surface area is 566 Å². The van der Waals surface area contributed by atoms with Crippen LogP contribution in [0.2, 0.25) is 0 Å². The fourth-order valence-corrected chi connectivity index (χ4v) is 13.6. The third-order valence-corrected chi connectivity index (χ3v) is 20.0. The fourth-order valence-electron chi connectivity index (χ4n) is 12.0. The van der Waals surface area contributed by atoms with Crippen molar-refractivity contribution in [3.8, 4) is 0 Å². The molecular formula is C68H122N12O13S. The van der Waals surface area contributed by atoms with Gasteiger partial charge in [0.15, 0.2) is 5.37 Å². The highest BCUT2D eigenvalue weighted by Crippen LogP contribution is 2.44. The molecule has 94 heavy (non-hydrogen) atoms. The second kappa shape index (κ2) is 36.5. The molecule has 1 saturated carbocycles. The number of likely N-dealkylation sites (N-methyl/N-ethyl adjacent to an activating group) is 7. The van der Waals surface area contributed by atoms with Crippen LogP contribution in [0.4, 0.5) is 0 Å². The van der Waals surface area contributed by atoms with Gasteiger partial charge < -0.3 is 70.7 Å². The van der Waals surface area contributed by atoms with Crippen LogP contribution in [0.25, 0.3) is 0 Å². The molecule has 0 radical (unpaired) electrons. The van der Waals surface area contributed by atoms with Gasteiger partial charge in [0.25, 0.3) is 5.91 Å². The average molecular weight is 1350 g/mol. The molecule has 1 saturated heterocycles. The number of aliphatic hydroxyl groups excluding tert-OH is 1. The first-order chi connectivity index (χ1) is 43.3. The minimum atomic E-state index is -1.66. The van der Waals surface area contributed by atoms with Crippen LogP contribution >= 0.6 is 11.8 Å². The first-order valence-corrected chi connectivity index (χ1v) is 34.7. The third-order valence-electron chi connectivity index (χ3n) is 18.5. The van der Waals surface area contributed by atoms with Crippen molar-refractivity contribution in [3.63, 3.8) is 0 Å². The summed E-state index contributed by atoms with van der Waals surface area (Å²) in [6, 6.07) is -13.1. The number of hydrogen-bond acceptors (Lipinski definition) is 15. The van der Waals surface area contributed by atoms with E-state index in [0.717, 1.165) is 34.4 Å². The van der Waals surface area contributed by atoms with E-state index in [9.17, 15) is 29.4 Å². The minimum Gasteiger partial charge on any atom is -0.390 e. The molecule has 2 fully saturated rings. The van der Waals surface area contributed by atoms with Crippen molar-refractivity contribution in [2.45, 2.75) is 252 Å². The predicted octanol–water partition coefficient (Wildman–Crippen LogP) is 3.54. The van der Waals surface area contributed by atoms with Crippen molar-refractivity contribution >= 4 is 76.7 Å². The number of nitrogens with zero attached hydrogens (tertiary/aromatic N) is 8. The third kappa shape index (κ3) is 22.6.